The SMILES string of the molecule is CNC1(Cc2ccccc2)CCCC1. The molecule has 1 aliphatic rings. The molecule has 1 fully saturated rings. The van der Waals surface area contributed by atoms with Crippen molar-refractivity contribution in [1.29, 1.82) is 0 Å². The molecule has 1 heteroatoms. The monoisotopic (exact) mass is 189 g/mol. The number of nitrogens with one attached hydrogen (secondary N) is 1. The summed E-state index contributed by atoms with van der Waals surface area (Å²) in [5.41, 5.74) is 1.85. The number of likely N-dealkylation sites (N-methyl/N-ethyl adjacent to an activating group) is 1. The van der Waals surface area contributed by atoms with Crippen LogP contribution >= 0.6 is 0 Å². The van der Waals surface area contributed by atoms with Gasteiger partial charge in [-0.15, -0.1) is 0 Å². The van der Waals surface area contributed by atoms with Crippen LogP contribution in [0.2, 0.25) is 0 Å². The normalized spacial score (nSPS) is 19.8. The highest BCUT2D eigenvalue weighted by atomic mass is 14.9. The zero-order chi connectivity index (χ0) is 9.86. The first-order valence-corrected chi connectivity index (χ1v) is 5.57. The lowest BCUT2D eigenvalue weighted by atomic mass is 9.89. The summed E-state index contributed by atoms with van der Waals surface area (Å²) in [4.78, 5) is 0. The van der Waals surface area contributed by atoms with Gasteiger partial charge in [0.15, 0.2) is 0 Å². The van der Waals surface area contributed by atoms with Crippen LogP contribution < -0.4 is 5.32 Å². The van der Waals surface area contributed by atoms with Gasteiger partial charge < -0.3 is 5.32 Å². The third-order valence-corrected chi connectivity index (χ3v) is 3.48. The molecule has 0 aliphatic heterocycles. The Morgan fingerprint density at radius 1 is 1.14 bits per heavy atom. The Morgan fingerprint density at radius 3 is 2.36 bits per heavy atom. The highest BCUT2D eigenvalue weighted by molar-refractivity contribution is 5.18. The second kappa shape index (κ2) is 4.14. The van der Waals surface area contributed by atoms with Crippen molar-refractivity contribution in [1.82, 2.24) is 5.32 Å². The number of hydrogen-bond acceptors (Lipinski definition) is 1. The lowest BCUT2D eigenvalue weighted by molar-refractivity contribution is 0.357. The number of benzene rings is 1. The van der Waals surface area contributed by atoms with Gasteiger partial charge in [-0.3, -0.25) is 0 Å². The van der Waals surface area contributed by atoms with Crippen molar-refractivity contribution in [2.45, 2.75) is 37.6 Å². The predicted molar refractivity (Wildman–Crippen MR) is 60.4 cm³/mol. The van der Waals surface area contributed by atoms with Gasteiger partial charge in [0.05, 0.1) is 0 Å². The fourth-order valence-electron chi connectivity index (χ4n) is 2.55. The average molecular weight is 189 g/mol. The molecule has 0 spiro atoms. The minimum atomic E-state index is 0.390. The molecule has 1 N–H and O–H groups in total. The van der Waals surface area contributed by atoms with Crippen molar-refractivity contribution >= 4 is 0 Å². The second-order valence-electron chi connectivity index (χ2n) is 4.40. The van der Waals surface area contributed by atoms with Crippen LogP contribution in [0.15, 0.2) is 30.3 Å². The molecule has 0 radical (unpaired) electrons. The summed E-state index contributed by atoms with van der Waals surface area (Å²) in [6, 6.07) is 10.8. The molecule has 1 aliphatic carbocycles. The molecule has 1 aromatic carbocycles. The van der Waals surface area contributed by atoms with Crippen LogP contribution in [0.5, 0.6) is 0 Å². The van der Waals surface area contributed by atoms with Crippen LogP contribution in [-0.4, -0.2) is 12.6 Å². The van der Waals surface area contributed by atoms with E-state index in [0.717, 1.165) is 0 Å². The Balaban J connectivity index is 2.08. The molecule has 0 amide bonds. The molecule has 2 rings (SSSR count). The molecule has 0 atom stereocenters. The van der Waals surface area contributed by atoms with Crippen LogP contribution in [0.1, 0.15) is 31.2 Å². The van der Waals surface area contributed by atoms with E-state index in [9.17, 15) is 0 Å². The molecule has 14 heavy (non-hydrogen) atoms. The predicted octanol–water partition coefficient (Wildman–Crippen LogP) is 2.76. The molecule has 0 unspecified atom stereocenters. The summed E-state index contributed by atoms with van der Waals surface area (Å²) in [7, 11) is 2.11. The molecule has 1 nitrogen and oxygen atoms in total. The largest absolute Gasteiger partial charge is 0.314 e. The van der Waals surface area contributed by atoms with Gasteiger partial charge in [0, 0.05) is 5.54 Å². The topological polar surface area (TPSA) is 12.0 Å². The standard InChI is InChI=1S/C13H19N/c1-14-13(9-5-6-10-13)11-12-7-3-2-4-8-12/h2-4,7-8,14H,5-6,9-11H2,1H3. The van der Waals surface area contributed by atoms with Crippen molar-refractivity contribution in [2.24, 2.45) is 0 Å². The quantitative estimate of drug-likeness (QED) is 0.771. The molecule has 0 saturated heterocycles. The smallest absolute Gasteiger partial charge is 0.0218 e. The van der Waals surface area contributed by atoms with Crippen molar-refractivity contribution in [3.05, 3.63) is 35.9 Å². The zero-order valence-electron chi connectivity index (χ0n) is 8.92. The molecule has 0 aromatic heterocycles. The van der Waals surface area contributed by atoms with E-state index < -0.39 is 0 Å². The van der Waals surface area contributed by atoms with Crippen molar-refractivity contribution in [2.75, 3.05) is 7.05 Å². The number of rotatable bonds is 3. The van der Waals surface area contributed by atoms with E-state index in [2.05, 4.69) is 42.7 Å². The van der Waals surface area contributed by atoms with E-state index in [1.807, 2.05) is 0 Å². The van der Waals surface area contributed by atoms with Gasteiger partial charge in [0.1, 0.15) is 0 Å². The fraction of sp³-hybridized carbons (Fsp3) is 0.538. The minimum Gasteiger partial charge on any atom is -0.314 e. The van der Waals surface area contributed by atoms with E-state index in [0.29, 0.717) is 5.54 Å². The van der Waals surface area contributed by atoms with Crippen molar-refractivity contribution in [3.63, 3.8) is 0 Å². The summed E-state index contributed by atoms with van der Waals surface area (Å²) in [5, 5.41) is 3.53. The second-order valence-corrected chi connectivity index (χ2v) is 4.40. The van der Waals surface area contributed by atoms with E-state index in [-0.39, 0.29) is 0 Å². The Hall–Kier alpha value is -0.820. The van der Waals surface area contributed by atoms with Gasteiger partial charge in [-0.25, -0.2) is 0 Å². The molecular weight excluding hydrogens is 170 g/mol. The maximum atomic E-state index is 3.53. The highest BCUT2D eigenvalue weighted by Gasteiger charge is 2.31. The van der Waals surface area contributed by atoms with Gasteiger partial charge >= 0.3 is 0 Å². The first-order chi connectivity index (χ1) is 6.85. The highest BCUT2D eigenvalue weighted by Crippen LogP contribution is 2.32. The van der Waals surface area contributed by atoms with E-state index >= 15 is 0 Å². The van der Waals surface area contributed by atoms with Crippen LogP contribution in [0, 0.1) is 0 Å². The summed E-state index contributed by atoms with van der Waals surface area (Å²) < 4.78 is 0. The van der Waals surface area contributed by atoms with Crippen LogP contribution in [-0.2, 0) is 6.42 Å². The Labute approximate surface area is 86.5 Å². The molecule has 0 heterocycles. The Morgan fingerprint density at radius 2 is 1.79 bits per heavy atom. The van der Waals surface area contributed by atoms with Crippen LogP contribution in [0.4, 0.5) is 0 Å². The zero-order valence-corrected chi connectivity index (χ0v) is 8.92. The number of hydrogen-bond donors (Lipinski definition) is 1. The van der Waals surface area contributed by atoms with E-state index in [4.69, 9.17) is 0 Å². The van der Waals surface area contributed by atoms with Crippen LogP contribution in [0.25, 0.3) is 0 Å². The Bertz CT molecular complexity index is 273. The third-order valence-electron chi connectivity index (χ3n) is 3.48. The van der Waals surface area contributed by atoms with Gasteiger partial charge in [0.2, 0.25) is 0 Å². The van der Waals surface area contributed by atoms with E-state index in [1.165, 1.54) is 37.7 Å². The first-order valence-electron chi connectivity index (χ1n) is 5.57. The Kier molecular flexibility index (Phi) is 2.87. The van der Waals surface area contributed by atoms with Crippen molar-refractivity contribution < 1.29 is 0 Å². The third kappa shape index (κ3) is 1.98. The summed E-state index contributed by atoms with van der Waals surface area (Å²) >= 11 is 0. The first kappa shape index (κ1) is 9.72. The molecule has 1 saturated carbocycles. The average Bonchev–Trinajstić information content (AvgIpc) is 2.69. The van der Waals surface area contributed by atoms with Gasteiger partial charge in [-0.05, 0) is 31.9 Å². The van der Waals surface area contributed by atoms with Crippen LogP contribution in [0.3, 0.4) is 0 Å². The minimum absolute atomic E-state index is 0.390. The molecule has 76 valence electrons. The lowest BCUT2D eigenvalue weighted by Gasteiger charge is -2.28. The molecule has 1 aromatic rings. The fourth-order valence-corrected chi connectivity index (χ4v) is 2.55. The lowest BCUT2D eigenvalue weighted by Crippen LogP contribution is -2.42. The summed E-state index contributed by atoms with van der Waals surface area (Å²) in [6.07, 6.45) is 6.61. The van der Waals surface area contributed by atoms with E-state index in [1.54, 1.807) is 0 Å². The summed E-state index contributed by atoms with van der Waals surface area (Å²) in [6.45, 7) is 0. The molecular formula is C13H19N. The maximum absolute atomic E-state index is 3.53. The van der Waals surface area contributed by atoms with Gasteiger partial charge in [-0.2, -0.15) is 0 Å². The summed E-state index contributed by atoms with van der Waals surface area (Å²) in [5.74, 6) is 0. The molecule has 0 bridgehead atoms. The maximum Gasteiger partial charge on any atom is 0.0218 e. The van der Waals surface area contributed by atoms with Gasteiger partial charge in [0.25, 0.3) is 0 Å². The van der Waals surface area contributed by atoms with Gasteiger partial charge in [-0.1, -0.05) is 43.2 Å². The van der Waals surface area contributed by atoms with Crippen molar-refractivity contribution in [3.8, 4) is 0 Å².